The Labute approximate surface area is 164 Å². The largest absolute Gasteiger partial charge is 0.500 e. The lowest BCUT2D eigenvalue weighted by Crippen LogP contribution is -2.02. The van der Waals surface area contributed by atoms with Crippen molar-refractivity contribution in [3.05, 3.63) is 69.5 Å². The number of ether oxygens (including phenoxy) is 1. The highest BCUT2D eigenvalue weighted by Gasteiger charge is 2.19. The molecule has 0 bridgehead atoms. The Morgan fingerprint density at radius 1 is 1.32 bits per heavy atom. The van der Waals surface area contributed by atoms with E-state index in [0.29, 0.717) is 23.0 Å². The van der Waals surface area contributed by atoms with E-state index in [2.05, 4.69) is 15.3 Å². The van der Waals surface area contributed by atoms with Crippen molar-refractivity contribution in [1.82, 2.24) is 14.9 Å². The van der Waals surface area contributed by atoms with Crippen molar-refractivity contribution in [2.24, 2.45) is 5.10 Å². The lowest BCUT2D eigenvalue weighted by Gasteiger charge is -2.06. The van der Waals surface area contributed by atoms with Gasteiger partial charge in [-0.25, -0.2) is 0 Å². The van der Waals surface area contributed by atoms with Crippen LogP contribution < -0.4 is 4.74 Å². The highest BCUT2D eigenvalue weighted by Crippen LogP contribution is 2.36. The van der Waals surface area contributed by atoms with Gasteiger partial charge in [0, 0.05) is 18.1 Å². The Kier molecular flexibility index (Phi) is 5.90. The zero-order valence-electron chi connectivity index (χ0n) is 15.1. The van der Waals surface area contributed by atoms with Crippen molar-refractivity contribution in [3.63, 3.8) is 0 Å². The minimum absolute atomic E-state index is 0.00555. The summed E-state index contributed by atoms with van der Waals surface area (Å²) in [6.07, 6.45) is 3.83. The van der Waals surface area contributed by atoms with Crippen LogP contribution in [0.4, 0.5) is 5.69 Å². The molecular weight excluding hydrogens is 382 g/mol. The summed E-state index contributed by atoms with van der Waals surface area (Å²) in [5.41, 5.74) is 0.993. The third-order valence-electron chi connectivity index (χ3n) is 3.88. The van der Waals surface area contributed by atoms with Gasteiger partial charge in [-0.2, -0.15) is 9.78 Å². The molecule has 1 N–H and O–H groups in total. The van der Waals surface area contributed by atoms with Gasteiger partial charge in [0.25, 0.3) is 0 Å². The second-order valence-corrected chi connectivity index (χ2v) is 6.44. The molecule has 0 aliphatic carbocycles. The maximum Gasteiger partial charge on any atom is 0.315 e. The first-order valence-corrected chi connectivity index (χ1v) is 9.38. The maximum atomic E-state index is 11.1. The lowest BCUT2D eigenvalue weighted by molar-refractivity contribution is -0.386. The normalized spacial score (nSPS) is 11.1. The minimum Gasteiger partial charge on any atom is -0.500 e. The van der Waals surface area contributed by atoms with Crippen LogP contribution in [0.1, 0.15) is 17.0 Å². The van der Waals surface area contributed by atoms with Crippen molar-refractivity contribution < 1.29 is 14.8 Å². The minimum atomic E-state index is -0.678. The van der Waals surface area contributed by atoms with Crippen LogP contribution in [0, 0.1) is 10.1 Å². The molecule has 1 aromatic heterocycles. The van der Waals surface area contributed by atoms with Gasteiger partial charge in [-0.1, -0.05) is 42.1 Å². The average Bonchev–Trinajstić information content (AvgIpc) is 3.09. The van der Waals surface area contributed by atoms with Gasteiger partial charge in [-0.3, -0.25) is 10.1 Å². The molecule has 0 spiro atoms. The molecule has 0 atom stereocenters. The molecule has 0 saturated heterocycles. The van der Waals surface area contributed by atoms with E-state index in [1.165, 1.54) is 37.2 Å². The predicted octanol–water partition coefficient (Wildman–Crippen LogP) is 3.10. The van der Waals surface area contributed by atoms with E-state index < -0.39 is 16.4 Å². The molecule has 9 nitrogen and oxygen atoms in total. The summed E-state index contributed by atoms with van der Waals surface area (Å²) in [5, 5.41) is 34.3. The summed E-state index contributed by atoms with van der Waals surface area (Å²) < 4.78 is 6.60. The number of nitro groups is 1. The van der Waals surface area contributed by atoms with Gasteiger partial charge < -0.3 is 9.84 Å². The molecule has 0 unspecified atom stereocenters. The van der Waals surface area contributed by atoms with Crippen molar-refractivity contribution in [1.29, 1.82) is 0 Å². The van der Waals surface area contributed by atoms with Crippen LogP contribution in [0.5, 0.6) is 11.5 Å². The fraction of sp³-hybridized carbons (Fsp3) is 0.167. The number of hydrogen-bond acceptors (Lipinski definition) is 8. The Morgan fingerprint density at radius 3 is 2.71 bits per heavy atom. The second kappa shape index (κ2) is 8.53. The van der Waals surface area contributed by atoms with Crippen LogP contribution in [0.2, 0.25) is 0 Å². The molecule has 10 heteroatoms. The smallest absolute Gasteiger partial charge is 0.315 e. The van der Waals surface area contributed by atoms with Gasteiger partial charge in [0.05, 0.1) is 18.2 Å². The number of aromatic nitrogens is 3. The number of thioether (sulfide) groups is 1. The van der Waals surface area contributed by atoms with E-state index >= 15 is 0 Å². The summed E-state index contributed by atoms with van der Waals surface area (Å²) in [6, 6.07) is 12.5. The Morgan fingerprint density at radius 2 is 2.07 bits per heavy atom. The zero-order valence-corrected chi connectivity index (χ0v) is 16.0. The summed E-state index contributed by atoms with van der Waals surface area (Å²) in [7, 11) is 1.32. The number of benzene rings is 2. The first kappa shape index (κ1) is 19.4. The standard InChI is InChI=1S/C18H17N5O4S/c1-27-15-9-13(8-14(17(15)24)23(25)26)11-19-22-16(20-21-18(22)28-2)10-12-6-4-3-5-7-12/h3-9,11,24H,10H2,1-2H3/b19-11-. The van der Waals surface area contributed by atoms with E-state index in [-0.39, 0.29) is 5.75 Å². The summed E-state index contributed by atoms with van der Waals surface area (Å²) in [4.78, 5) is 10.5. The fourth-order valence-corrected chi connectivity index (χ4v) is 2.98. The van der Waals surface area contributed by atoms with Crippen molar-refractivity contribution >= 4 is 23.7 Å². The van der Waals surface area contributed by atoms with Gasteiger partial charge in [0.2, 0.25) is 10.9 Å². The van der Waals surface area contributed by atoms with E-state index in [9.17, 15) is 15.2 Å². The van der Waals surface area contributed by atoms with Crippen molar-refractivity contribution in [2.75, 3.05) is 13.4 Å². The second-order valence-electron chi connectivity index (χ2n) is 5.67. The molecule has 3 rings (SSSR count). The lowest BCUT2D eigenvalue weighted by atomic mass is 10.1. The molecule has 0 amide bonds. The number of methoxy groups -OCH3 is 1. The van der Waals surface area contributed by atoms with Crippen LogP contribution in [0.15, 0.2) is 52.7 Å². The van der Waals surface area contributed by atoms with Crippen LogP contribution >= 0.6 is 11.8 Å². The number of nitrogens with zero attached hydrogens (tertiary/aromatic N) is 5. The molecule has 0 fully saturated rings. The Bertz CT molecular complexity index is 1020. The van der Waals surface area contributed by atoms with E-state index in [1.54, 1.807) is 4.68 Å². The van der Waals surface area contributed by atoms with Crippen molar-refractivity contribution in [3.8, 4) is 11.5 Å². The fourth-order valence-electron chi connectivity index (χ4n) is 2.54. The number of phenols is 1. The van der Waals surface area contributed by atoms with Gasteiger partial charge in [0.1, 0.15) is 0 Å². The molecule has 144 valence electrons. The first-order chi connectivity index (χ1) is 13.5. The Hall–Kier alpha value is -3.40. The van der Waals surface area contributed by atoms with E-state index in [1.807, 2.05) is 36.6 Å². The summed E-state index contributed by atoms with van der Waals surface area (Å²) in [5.74, 6) is 0.101. The van der Waals surface area contributed by atoms with Gasteiger partial charge >= 0.3 is 5.69 Å². The Balaban J connectivity index is 1.97. The molecule has 1 heterocycles. The molecule has 3 aromatic rings. The average molecular weight is 399 g/mol. The highest BCUT2D eigenvalue weighted by molar-refractivity contribution is 7.98. The highest BCUT2D eigenvalue weighted by atomic mass is 32.2. The first-order valence-electron chi connectivity index (χ1n) is 8.15. The molecular formula is C18H17N5O4S. The number of hydrogen-bond donors (Lipinski definition) is 1. The van der Waals surface area contributed by atoms with Crippen LogP contribution in [0.3, 0.4) is 0 Å². The maximum absolute atomic E-state index is 11.1. The quantitative estimate of drug-likeness (QED) is 0.281. The van der Waals surface area contributed by atoms with Gasteiger partial charge in [-0.15, -0.1) is 10.2 Å². The van der Waals surface area contributed by atoms with E-state index in [4.69, 9.17) is 4.74 Å². The summed E-state index contributed by atoms with van der Waals surface area (Å²) >= 11 is 1.38. The number of nitro benzene ring substituents is 1. The molecule has 28 heavy (non-hydrogen) atoms. The third-order valence-corrected chi connectivity index (χ3v) is 4.50. The van der Waals surface area contributed by atoms with Crippen molar-refractivity contribution in [2.45, 2.75) is 11.6 Å². The number of aromatic hydroxyl groups is 1. The monoisotopic (exact) mass is 399 g/mol. The van der Waals surface area contributed by atoms with Gasteiger partial charge in [0.15, 0.2) is 11.6 Å². The van der Waals surface area contributed by atoms with Gasteiger partial charge in [-0.05, 0) is 17.9 Å². The zero-order chi connectivity index (χ0) is 20.1. The molecule has 0 aliphatic heterocycles. The summed E-state index contributed by atoms with van der Waals surface area (Å²) in [6.45, 7) is 0. The molecule has 0 radical (unpaired) electrons. The molecule has 0 saturated carbocycles. The van der Waals surface area contributed by atoms with Crippen LogP contribution in [0.25, 0.3) is 0 Å². The molecule has 0 aliphatic rings. The third kappa shape index (κ3) is 4.12. The topological polar surface area (TPSA) is 116 Å². The number of rotatable bonds is 7. The number of phenolic OH excluding ortho intramolecular Hbond substituents is 1. The van der Waals surface area contributed by atoms with E-state index in [0.717, 1.165) is 5.56 Å². The predicted molar refractivity (Wildman–Crippen MR) is 105 cm³/mol. The SMILES string of the molecule is COc1cc(/C=N\n2c(Cc3ccccc3)nnc2SC)cc([N+](=O)[O-])c1O. The molecule has 2 aromatic carbocycles. The van der Waals surface area contributed by atoms with Crippen LogP contribution in [-0.4, -0.2) is 44.5 Å². The van der Waals surface area contributed by atoms with Crippen LogP contribution in [-0.2, 0) is 6.42 Å².